The molecule has 3 rings (SSSR count). The predicted molar refractivity (Wildman–Crippen MR) is 103 cm³/mol. The number of thiophene rings is 1. The average Bonchev–Trinajstić information content (AvgIpc) is 3.20. The van der Waals surface area contributed by atoms with Gasteiger partial charge in [-0.1, -0.05) is 24.3 Å². The first-order valence-corrected chi connectivity index (χ1v) is 9.23. The van der Waals surface area contributed by atoms with E-state index in [-0.39, 0.29) is 18.5 Å². The van der Waals surface area contributed by atoms with E-state index in [4.69, 9.17) is 4.74 Å². The zero-order valence-corrected chi connectivity index (χ0v) is 15.8. The zero-order chi connectivity index (χ0) is 19.4. The molecule has 0 saturated heterocycles. The summed E-state index contributed by atoms with van der Waals surface area (Å²) in [7, 11) is 1.30. The highest BCUT2D eigenvalue weighted by molar-refractivity contribution is 7.10. The Morgan fingerprint density at radius 1 is 1.22 bits per heavy atom. The molecule has 0 bridgehead atoms. The van der Waals surface area contributed by atoms with Gasteiger partial charge in [-0.15, -0.1) is 11.3 Å². The summed E-state index contributed by atoms with van der Waals surface area (Å²) in [6.45, 7) is 1.56. The van der Waals surface area contributed by atoms with Crippen LogP contribution >= 0.6 is 11.3 Å². The van der Waals surface area contributed by atoms with Gasteiger partial charge in [-0.25, -0.2) is 4.68 Å². The van der Waals surface area contributed by atoms with Crippen molar-refractivity contribution < 1.29 is 14.3 Å². The van der Waals surface area contributed by atoms with Gasteiger partial charge in [-0.05, 0) is 24.4 Å². The lowest BCUT2D eigenvalue weighted by atomic mass is 10.1. The third kappa shape index (κ3) is 4.22. The van der Waals surface area contributed by atoms with E-state index in [1.54, 1.807) is 19.1 Å². The molecule has 2 aromatic heterocycles. The van der Waals surface area contributed by atoms with Gasteiger partial charge in [0.25, 0.3) is 5.56 Å². The van der Waals surface area contributed by atoms with E-state index in [1.807, 2.05) is 29.6 Å². The van der Waals surface area contributed by atoms with E-state index in [9.17, 15) is 14.4 Å². The predicted octanol–water partition coefficient (Wildman–Crippen LogP) is 2.19. The number of benzene rings is 1. The number of hydrogen-bond acceptors (Lipinski definition) is 6. The fourth-order valence-electron chi connectivity index (χ4n) is 2.85. The number of carbonyl (C=O) groups excluding carboxylic acids is 2. The summed E-state index contributed by atoms with van der Waals surface area (Å²) < 4.78 is 5.86. The second-order valence-corrected chi connectivity index (χ2v) is 6.99. The van der Waals surface area contributed by atoms with Crippen LogP contribution in [0.25, 0.3) is 10.8 Å². The Hall–Kier alpha value is -3.00. The Kier molecular flexibility index (Phi) is 5.66. The minimum Gasteiger partial charge on any atom is -0.469 e. The van der Waals surface area contributed by atoms with E-state index in [2.05, 4.69) is 10.4 Å². The molecule has 1 aromatic carbocycles. The maximum atomic E-state index is 12.6. The molecule has 2 heterocycles. The van der Waals surface area contributed by atoms with Gasteiger partial charge in [-0.2, -0.15) is 5.10 Å². The fourth-order valence-corrected chi connectivity index (χ4v) is 3.63. The molecule has 1 N–H and O–H groups in total. The summed E-state index contributed by atoms with van der Waals surface area (Å²) in [5, 5.41) is 10.2. The molecular formula is C19H19N3O4S. The number of rotatable bonds is 6. The molecule has 7 nitrogen and oxygen atoms in total. The normalized spacial score (nSPS) is 11.9. The van der Waals surface area contributed by atoms with Gasteiger partial charge < -0.3 is 10.1 Å². The molecule has 1 amide bonds. The first kappa shape index (κ1) is 18.8. The summed E-state index contributed by atoms with van der Waals surface area (Å²) in [4.78, 5) is 37.6. The summed E-state index contributed by atoms with van der Waals surface area (Å²) in [6, 6.07) is 10.3. The third-order valence-electron chi connectivity index (χ3n) is 4.17. The number of amides is 1. The Morgan fingerprint density at radius 2 is 1.96 bits per heavy atom. The van der Waals surface area contributed by atoms with Crippen LogP contribution in [0.2, 0.25) is 0 Å². The van der Waals surface area contributed by atoms with Crippen molar-refractivity contribution in [2.75, 3.05) is 7.11 Å². The van der Waals surface area contributed by atoms with Gasteiger partial charge in [0.1, 0.15) is 6.54 Å². The zero-order valence-electron chi connectivity index (χ0n) is 15.0. The van der Waals surface area contributed by atoms with Crippen molar-refractivity contribution in [1.29, 1.82) is 0 Å². The maximum Gasteiger partial charge on any atom is 0.307 e. The van der Waals surface area contributed by atoms with Gasteiger partial charge in [0, 0.05) is 10.3 Å². The van der Waals surface area contributed by atoms with Crippen molar-refractivity contribution in [1.82, 2.24) is 15.1 Å². The Morgan fingerprint density at radius 3 is 2.63 bits per heavy atom. The van der Waals surface area contributed by atoms with Crippen molar-refractivity contribution in [3.05, 3.63) is 62.7 Å². The lowest BCUT2D eigenvalue weighted by Crippen LogP contribution is -2.36. The maximum absolute atomic E-state index is 12.6. The molecule has 0 radical (unpaired) electrons. The SMILES string of the molecule is COC(=O)C[C@@H](NC(=O)Cn1nc(C)c2ccccc2c1=O)c1cccs1. The van der Waals surface area contributed by atoms with Crippen LogP contribution in [-0.4, -0.2) is 28.8 Å². The van der Waals surface area contributed by atoms with E-state index < -0.39 is 17.9 Å². The van der Waals surface area contributed by atoms with Crippen molar-refractivity contribution in [3.63, 3.8) is 0 Å². The number of fused-ring (bicyclic) bond motifs is 1. The number of nitrogens with zero attached hydrogens (tertiary/aromatic N) is 2. The largest absolute Gasteiger partial charge is 0.469 e. The topological polar surface area (TPSA) is 90.3 Å². The molecule has 0 aliphatic carbocycles. The van der Waals surface area contributed by atoms with Crippen molar-refractivity contribution in [2.24, 2.45) is 0 Å². The Labute approximate surface area is 159 Å². The lowest BCUT2D eigenvalue weighted by molar-refractivity contribution is -0.141. The third-order valence-corrected chi connectivity index (χ3v) is 5.15. The number of nitrogens with one attached hydrogen (secondary N) is 1. The first-order chi connectivity index (χ1) is 13.0. The standard InChI is InChI=1S/C19H19N3O4S/c1-12-13-6-3-4-7-14(13)19(25)22(21-12)11-17(23)20-15(10-18(24)26-2)16-8-5-9-27-16/h3-9,15H,10-11H2,1-2H3,(H,20,23)/t15-/m1/s1. The van der Waals surface area contributed by atoms with Crippen molar-refractivity contribution in [3.8, 4) is 0 Å². The quantitative estimate of drug-likeness (QED) is 0.657. The monoisotopic (exact) mass is 385 g/mol. The number of carbonyl (C=O) groups is 2. The van der Waals surface area contributed by atoms with Crippen LogP contribution in [-0.2, 0) is 20.9 Å². The minimum atomic E-state index is -0.512. The Bertz CT molecular complexity index is 1030. The van der Waals surface area contributed by atoms with Crippen LogP contribution < -0.4 is 10.9 Å². The second-order valence-electron chi connectivity index (χ2n) is 6.01. The molecule has 0 aliphatic rings. The van der Waals surface area contributed by atoms with Crippen LogP contribution in [0.5, 0.6) is 0 Å². The minimum absolute atomic E-state index is 0.0157. The average molecular weight is 385 g/mol. The number of aryl methyl sites for hydroxylation is 1. The van der Waals surface area contributed by atoms with E-state index in [1.165, 1.54) is 18.4 Å². The molecule has 0 spiro atoms. The molecule has 1 atom stereocenters. The molecule has 0 unspecified atom stereocenters. The van der Waals surface area contributed by atoms with Gasteiger partial charge in [-0.3, -0.25) is 14.4 Å². The molecule has 8 heteroatoms. The summed E-state index contributed by atoms with van der Waals surface area (Å²) in [5.41, 5.74) is 0.342. The van der Waals surface area contributed by atoms with Gasteiger partial charge in [0.15, 0.2) is 0 Å². The first-order valence-electron chi connectivity index (χ1n) is 8.35. The molecule has 0 saturated carbocycles. The number of ether oxygens (including phenoxy) is 1. The number of esters is 1. The van der Waals surface area contributed by atoms with E-state index >= 15 is 0 Å². The number of aromatic nitrogens is 2. The highest BCUT2D eigenvalue weighted by Gasteiger charge is 2.20. The highest BCUT2D eigenvalue weighted by Crippen LogP contribution is 2.22. The second kappa shape index (κ2) is 8.13. The number of hydrogen-bond donors (Lipinski definition) is 1. The van der Waals surface area contributed by atoms with Crippen LogP contribution in [0, 0.1) is 6.92 Å². The fraction of sp³-hybridized carbons (Fsp3) is 0.263. The molecule has 3 aromatic rings. The summed E-state index contributed by atoms with van der Waals surface area (Å²) >= 11 is 1.43. The molecular weight excluding hydrogens is 366 g/mol. The summed E-state index contributed by atoms with van der Waals surface area (Å²) in [6.07, 6.45) is 0.0157. The van der Waals surface area contributed by atoms with Crippen molar-refractivity contribution in [2.45, 2.75) is 25.9 Å². The smallest absolute Gasteiger partial charge is 0.307 e. The van der Waals surface area contributed by atoms with Crippen LogP contribution in [0.4, 0.5) is 0 Å². The molecule has 0 fully saturated rings. The van der Waals surface area contributed by atoms with Gasteiger partial charge in [0.2, 0.25) is 5.91 Å². The van der Waals surface area contributed by atoms with Gasteiger partial charge >= 0.3 is 5.97 Å². The molecule has 27 heavy (non-hydrogen) atoms. The van der Waals surface area contributed by atoms with Gasteiger partial charge in [0.05, 0.1) is 30.7 Å². The highest BCUT2D eigenvalue weighted by atomic mass is 32.1. The molecule has 140 valence electrons. The van der Waals surface area contributed by atoms with Crippen LogP contribution in [0.3, 0.4) is 0 Å². The molecule has 0 aliphatic heterocycles. The van der Waals surface area contributed by atoms with E-state index in [0.29, 0.717) is 11.1 Å². The number of methoxy groups -OCH3 is 1. The van der Waals surface area contributed by atoms with E-state index in [0.717, 1.165) is 14.9 Å². The lowest BCUT2D eigenvalue weighted by Gasteiger charge is -2.17. The summed E-state index contributed by atoms with van der Waals surface area (Å²) in [5.74, 6) is -0.827. The Balaban J connectivity index is 1.82. The van der Waals surface area contributed by atoms with Crippen LogP contribution in [0.1, 0.15) is 23.0 Å². The van der Waals surface area contributed by atoms with Crippen molar-refractivity contribution >= 4 is 34.0 Å². The van der Waals surface area contributed by atoms with Crippen LogP contribution in [0.15, 0.2) is 46.6 Å².